The summed E-state index contributed by atoms with van der Waals surface area (Å²) in [5.74, 6) is 0.778. The van der Waals surface area contributed by atoms with E-state index in [1.807, 2.05) is 42.9 Å². The summed E-state index contributed by atoms with van der Waals surface area (Å²) in [6.45, 7) is 10.9. The molecule has 0 amide bonds. The molecule has 0 aliphatic rings. The molecule has 0 spiro atoms. The van der Waals surface area contributed by atoms with E-state index < -0.39 is 0 Å². The number of carbonyl (C=O) groups is 1. The number of nitrogens with zero attached hydrogens (tertiary/aromatic N) is 3. The van der Waals surface area contributed by atoms with Gasteiger partial charge in [0, 0.05) is 17.1 Å². The van der Waals surface area contributed by atoms with Crippen molar-refractivity contribution in [2.75, 3.05) is 6.61 Å². The number of esters is 1. The lowest BCUT2D eigenvalue weighted by Crippen LogP contribution is -2.12. The highest BCUT2D eigenvalue weighted by atomic mass is 16.6. The molecule has 0 saturated carbocycles. The van der Waals surface area contributed by atoms with Gasteiger partial charge in [0.05, 0.1) is 19.2 Å². The van der Waals surface area contributed by atoms with Gasteiger partial charge in [-0.3, -0.25) is 4.79 Å². The molecule has 0 radical (unpaired) electrons. The second kappa shape index (κ2) is 9.07. The number of rotatable bonds is 8. The first kappa shape index (κ1) is 20.8. The first-order chi connectivity index (χ1) is 13.9. The Hall–Kier alpha value is -2.89. The number of benzene rings is 1. The third kappa shape index (κ3) is 4.58. The van der Waals surface area contributed by atoms with Crippen LogP contribution in [0.5, 0.6) is 11.5 Å². The Morgan fingerprint density at radius 1 is 1.17 bits per heavy atom. The van der Waals surface area contributed by atoms with Crippen LogP contribution in [-0.4, -0.2) is 27.3 Å². The number of carbonyl (C=O) groups excluding carboxylic acids is 1. The molecule has 3 aromatic rings. The van der Waals surface area contributed by atoms with E-state index in [0.29, 0.717) is 24.5 Å². The van der Waals surface area contributed by atoms with Gasteiger partial charge in [-0.2, -0.15) is 5.10 Å². The van der Waals surface area contributed by atoms with Crippen LogP contribution in [0.3, 0.4) is 0 Å². The van der Waals surface area contributed by atoms with Gasteiger partial charge in [-0.15, -0.1) is 0 Å². The summed E-state index contributed by atoms with van der Waals surface area (Å²) in [5, 5.41) is 5.51. The van der Waals surface area contributed by atoms with Crippen molar-refractivity contribution >= 4 is 17.0 Å². The van der Waals surface area contributed by atoms with Crippen molar-refractivity contribution in [3.63, 3.8) is 0 Å². The molecule has 0 atom stereocenters. The number of fused-ring (bicyclic) bond motifs is 1. The smallest absolute Gasteiger partial charge is 0.311 e. The molecule has 0 aliphatic heterocycles. The van der Waals surface area contributed by atoms with E-state index in [-0.39, 0.29) is 18.4 Å². The lowest BCUT2D eigenvalue weighted by Gasteiger charge is -2.13. The average Bonchev–Trinajstić information content (AvgIpc) is 3.11. The topological polar surface area (TPSA) is 66.2 Å². The molecule has 0 bridgehead atoms. The molecule has 1 aromatic carbocycles. The van der Waals surface area contributed by atoms with Crippen molar-refractivity contribution in [3.05, 3.63) is 47.3 Å². The van der Waals surface area contributed by atoms with Gasteiger partial charge in [0.25, 0.3) is 0 Å². The summed E-state index contributed by atoms with van der Waals surface area (Å²) in [7, 11) is 0. The number of aromatic nitrogens is 3. The van der Waals surface area contributed by atoms with Crippen molar-refractivity contribution in [1.29, 1.82) is 0 Å². The highest BCUT2D eigenvalue weighted by Gasteiger charge is 2.17. The molecular weight excluding hydrogens is 366 g/mol. The summed E-state index contributed by atoms with van der Waals surface area (Å²) in [6, 6.07) is 7.52. The molecule has 29 heavy (non-hydrogen) atoms. The Morgan fingerprint density at radius 3 is 2.59 bits per heavy atom. The Bertz CT molecular complexity index is 1010. The molecule has 0 fully saturated rings. The Labute approximate surface area is 171 Å². The second-order valence-electron chi connectivity index (χ2n) is 7.49. The van der Waals surface area contributed by atoms with Crippen LogP contribution in [0.25, 0.3) is 11.0 Å². The summed E-state index contributed by atoms with van der Waals surface area (Å²) < 4.78 is 13.2. The van der Waals surface area contributed by atoms with E-state index >= 15 is 0 Å². The minimum Gasteiger partial charge on any atom is -0.490 e. The molecular formula is C23H29N3O3. The molecule has 0 N–H and O–H groups in total. The second-order valence-corrected chi connectivity index (χ2v) is 7.49. The van der Waals surface area contributed by atoms with Crippen molar-refractivity contribution in [2.45, 2.75) is 59.9 Å². The third-order valence-electron chi connectivity index (χ3n) is 4.94. The molecule has 2 heterocycles. The fourth-order valence-electron chi connectivity index (χ4n) is 3.40. The average molecular weight is 396 g/mol. The zero-order valence-corrected chi connectivity index (χ0v) is 17.9. The number of pyridine rings is 1. The van der Waals surface area contributed by atoms with Crippen LogP contribution in [0.15, 0.2) is 30.5 Å². The van der Waals surface area contributed by atoms with Crippen molar-refractivity contribution in [3.8, 4) is 11.5 Å². The van der Waals surface area contributed by atoms with Crippen LogP contribution in [0, 0.1) is 13.8 Å². The van der Waals surface area contributed by atoms with Crippen molar-refractivity contribution < 1.29 is 14.3 Å². The fraction of sp³-hybridized carbons (Fsp3) is 0.435. The van der Waals surface area contributed by atoms with E-state index in [2.05, 4.69) is 25.9 Å². The highest BCUT2D eigenvalue weighted by molar-refractivity contribution is 5.81. The van der Waals surface area contributed by atoms with Crippen molar-refractivity contribution in [2.24, 2.45) is 0 Å². The van der Waals surface area contributed by atoms with Gasteiger partial charge in [0.2, 0.25) is 0 Å². The van der Waals surface area contributed by atoms with Gasteiger partial charge in [-0.05, 0) is 63.8 Å². The Morgan fingerprint density at radius 2 is 1.90 bits per heavy atom. The number of ether oxygens (including phenoxy) is 2. The molecule has 0 unspecified atom stereocenters. The molecule has 0 aliphatic carbocycles. The van der Waals surface area contributed by atoms with E-state index in [0.717, 1.165) is 34.3 Å². The lowest BCUT2D eigenvalue weighted by molar-refractivity contribution is -0.134. The van der Waals surface area contributed by atoms with Gasteiger partial charge in [-0.1, -0.05) is 19.1 Å². The number of para-hydroxylation sites is 2. The van der Waals surface area contributed by atoms with Gasteiger partial charge in [-0.25, -0.2) is 9.67 Å². The lowest BCUT2D eigenvalue weighted by atomic mass is 10.0. The van der Waals surface area contributed by atoms with Crippen LogP contribution >= 0.6 is 0 Å². The number of hydrogen-bond acceptors (Lipinski definition) is 5. The van der Waals surface area contributed by atoms with Gasteiger partial charge >= 0.3 is 5.97 Å². The molecule has 3 rings (SSSR count). The molecule has 154 valence electrons. The van der Waals surface area contributed by atoms with Gasteiger partial charge in [0.15, 0.2) is 17.1 Å². The monoisotopic (exact) mass is 395 g/mol. The third-order valence-corrected chi connectivity index (χ3v) is 4.94. The van der Waals surface area contributed by atoms with Crippen LogP contribution < -0.4 is 9.47 Å². The molecule has 2 aromatic heterocycles. The van der Waals surface area contributed by atoms with Crippen LogP contribution in [0.1, 0.15) is 56.5 Å². The van der Waals surface area contributed by atoms with Crippen LogP contribution in [-0.2, 0) is 11.2 Å². The van der Waals surface area contributed by atoms with Crippen LogP contribution in [0.2, 0.25) is 0 Å². The standard InChI is InChI=1S/C23H29N3O3/c1-6-13-28-20-9-7-8-10-21(20)29-22(27)12-11-18-16(4)19-14-24-26(15(2)3)23(19)25-17(18)5/h7-10,14-15H,6,11-13H2,1-5H3. The quantitative estimate of drug-likeness (QED) is 0.398. The zero-order chi connectivity index (χ0) is 21.0. The van der Waals surface area contributed by atoms with E-state index in [4.69, 9.17) is 14.5 Å². The summed E-state index contributed by atoms with van der Waals surface area (Å²) in [5.41, 5.74) is 4.02. The largest absolute Gasteiger partial charge is 0.490 e. The predicted octanol–water partition coefficient (Wildman–Crippen LogP) is 4.96. The number of aryl methyl sites for hydroxylation is 2. The summed E-state index contributed by atoms with van der Waals surface area (Å²) in [6.07, 6.45) is 3.60. The first-order valence-electron chi connectivity index (χ1n) is 10.2. The van der Waals surface area contributed by atoms with E-state index in [9.17, 15) is 4.79 Å². The Kier molecular flexibility index (Phi) is 6.52. The number of hydrogen-bond donors (Lipinski definition) is 0. The van der Waals surface area contributed by atoms with Gasteiger partial charge < -0.3 is 9.47 Å². The SMILES string of the molecule is CCCOc1ccccc1OC(=O)CCc1c(C)nc2c(cnn2C(C)C)c1C. The molecule has 6 heteroatoms. The van der Waals surface area contributed by atoms with Crippen LogP contribution in [0.4, 0.5) is 0 Å². The maximum absolute atomic E-state index is 12.5. The van der Waals surface area contributed by atoms with E-state index in [1.54, 1.807) is 6.07 Å². The Balaban J connectivity index is 1.73. The van der Waals surface area contributed by atoms with Crippen molar-refractivity contribution in [1.82, 2.24) is 14.8 Å². The highest BCUT2D eigenvalue weighted by Crippen LogP contribution is 2.28. The zero-order valence-electron chi connectivity index (χ0n) is 17.9. The maximum Gasteiger partial charge on any atom is 0.311 e. The minimum absolute atomic E-state index is 0.245. The predicted molar refractivity (Wildman–Crippen MR) is 114 cm³/mol. The molecule has 0 saturated heterocycles. The minimum atomic E-state index is -0.283. The normalized spacial score (nSPS) is 11.2. The summed E-state index contributed by atoms with van der Waals surface area (Å²) in [4.78, 5) is 17.2. The van der Waals surface area contributed by atoms with E-state index in [1.165, 1.54) is 0 Å². The summed E-state index contributed by atoms with van der Waals surface area (Å²) >= 11 is 0. The first-order valence-corrected chi connectivity index (χ1v) is 10.2. The van der Waals surface area contributed by atoms with Gasteiger partial charge in [0.1, 0.15) is 0 Å². The molecule has 6 nitrogen and oxygen atoms in total. The maximum atomic E-state index is 12.5. The fourth-order valence-corrected chi connectivity index (χ4v) is 3.40.